The molecule has 0 spiro atoms. The second kappa shape index (κ2) is 11.4. The lowest BCUT2D eigenvalue weighted by atomic mass is 10.0. The Bertz CT molecular complexity index is 710. The molecular weight excluding hydrogens is 379 g/mol. The molecule has 1 heterocycles. The van der Waals surface area contributed by atoms with Crippen molar-refractivity contribution in [1.82, 2.24) is 10.2 Å². The summed E-state index contributed by atoms with van der Waals surface area (Å²) in [5.41, 5.74) is 0.940. The summed E-state index contributed by atoms with van der Waals surface area (Å²) in [6.45, 7) is 9.47. The summed E-state index contributed by atoms with van der Waals surface area (Å²) in [4.78, 5) is 24.8. The number of nitrogens with one attached hydrogen (secondary N) is 1. The van der Waals surface area contributed by atoms with Crippen molar-refractivity contribution in [3.63, 3.8) is 0 Å². The lowest BCUT2D eigenvalue weighted by Crippen LogP contribution is -2.53. The number of carbonyl (C=O) groups is 2. The zero-order valence-electron chi connectivity index (χ0n) is 17.0. The van der Waals surface area contributed by atoms with Gasteiger partial charge in [0.1, 0.15) is 24.8 Å². The van der Waals surface area contributed by atoms with E-state index in [1.54, 1.807) is 11.0 Å². The molecule has 1 fully saturated rings. The Labute approximate surface area is 170 Å². The first-order chi connectivity index (χ1) is 13.9. The number of benzene rings is 1. The number of hydrogen-bond acceptors (Lipinski definition) is 5. The SMILES string of the molecule is C=CC(=O)N1CCC1COC(=O)NCCOCCOc1cc(F)ccc1C(C)C. The van der Waals surface area contributed by atoms with E-state index in [1.807, 2.05) is 13.8 Å². The molecule has 1 N–H and O–H groups in total. The van der Waals surface area contributed by atoms with Gasteiger partial charge in [0.2, 0.25) is 5.91 Å². The molecule has 1 aromatic carbocycles. The van der Waals surface area contributed by atoms with E-state index >= 15 is 0 Å². The van der Waals surface area contributed by atoms with Crippen LogP contribution in [0, 0.1) is 5.82 Å². The van der Waals surface area contributed by atoms with Crippen LogP contribution in [-0.2, 0) is 14.3 Å². The first-order valence-electron chi connectivity index (χ1n) is 9.76. The molecule has 1 unspecified atom stereocenters. The fourth-order valence-electron chi connectivity index (χ4n) is 2.89. The summed E-state index contributed by atoms with van der Waals surface area (Å²) in [7, 11) is 0. The second-order valence-corrected chi connectivity index (χ2v) is 7.00. The Morgan fingerprint density at radius 2 is 2.14 bits per heavy atom. The first-order valence-corrected chi connectivity index (χ1v) is 9.76. The first kappa shape index (κ1) is 22.7. The van der Waals surface area contributed by atoms with Crippen molar-refractivity contribution in [2.24, 2.45) is 0 Å². The number of halogens is 1. The molecule has 1 aliphatic heterocycles. The summed E-state index contributed by atoms with van der Waals surface area (Å²) in [5.74, 6) is 0.250. The second-order valence-electron chi connectivity index (χ2n) is 7.00. The van der Waals surface area contributed by atoms with Gasteiger partial charge >= 0.3 is 6.09 Å². The predicted octanol–water partition coefficient (Wildman–Crippen LogP) is 2.86. The van der Waals surface area contributed by atoms with Crippen molar-refractivity contribution in [2.45, 2.75) is 32.2 Å². The molecule has 1 saturated heterocycles. The van der Waals surface area contributed by atoms with Gasteiger partial charge in [0.15, 0.2) is 0 Å². The highest BCUT2D eigenvalue weighted by molar-refractivity contribution is 5.87. The van der Waals surface area contributed by atoms with Crippen LogP contribution in [0.3, 0.4) is 0 Å². The minimum absolute atomic E-state index is 0.0850. The number of likely N-dealkylation sites (tertiary alicyclic amines) is 1. The van der Waals surface area contributed by atoms with E-state index in [-0.39, 0.29) is 43.4 Å². The summed E-state index contributed by atoms with van der Waals surface area (Å²) >= 11 is 0. The normalized spacial score (nSPS) is 15.6. The number of amides is 2. The Morgan fingerprint density at radius 1 is 1.34 bits per heavy atom. The smallest absolute Gasteiger partial charge is 0.407 e. The van der Waals surface area contributed by atoms with Gasteiger partial charge in [0.25, 0.3) is 0 Å². The number of alkyl carbamates (subject to hydrolysis) is 1. The van der Waals surface area contributed by atoms with Crippen LogP contribution in [0.25, 0.3) is 0 Å². The van der Waals surface area contributed by atoms with Gasteiger partial charge in [-0.1, -0.05) is 26.5 Å². The third kappa shape index (κ3) is 7.05. The van der Waals surface area contributed by atoms with Crippen molar-refractivity contribution in [3.8, 4) is 5.75 Å². The van der Waals surface area contributed by atoms with E-state index in [0.717, 1.165) is 12.0 Å². The number of nitrogens with zero attached hydrogens (tertiary/aromatic N) is 1. The Hall–Kier alpha value is -2.61. The molecule has 0 bridgehead atoms. The van der Waals surface area contributed by atoms with E-state index in [4.69, 9.17) is 14.2 Å². The monoisotopic (exact) mass is 408 g/mol. The van der Waals surface area contributed by atoms with Crippen LogP contribution in [0.2, 0.25) is 0 Å². The van der Waals surface area contributed by atoms with Crippen LogP contribution in [0.15, 0.2) is 30.9 Å². The summed E-state index contributed by atoms with van der Waals surface area (Å²) < 4.78 is 29.5. The van der Waals surface area contributed by atoms with E-state index in [0.29, 0.717) is 25.5 Å². The van der Waals surface area contributed by atoms with Gasteiger partial charge in [-0.2, -0.15) is 0 Å². The van der Waals surface area contributed by atoms with Gasteiger partial charge in [-0.05, 0) is 30.0 Å². The highest BCUT2D eigenvalue weighted by Crippen LogP contribution is 2.27. The molecule has 2 rings (SSSR count). The lowest BCUT2D eigenvalue weighted by Gasteiger charge is -2.39. The van der Waals surface area contributed by atoms with Crippen LogP contribution in [-0.4, -0.2) is 62.5 Å². The summed E-state index contributed by atoms with van der Waals surface area (Å²) in [5, 5.41) is 2.58. The standard InChI is InChI=1S/C21H29FN2O5/c1-4-20(25)24-9-7-17(24)14-29-21(26)23-8-10-27-11-12-28-19-13-16(22)5-6-18(19)15(2)3/h4-6,13,15,17H,1,7-12,14H2,2-3H3,(H,23,26). The van der Waals surface area contributed by atoms with E-state index in [9.17, 15) is 14.0 Å². The third-order valence-corrected chi connectivity index (χ3v) is 4.61. The molecular formula is C21H29FN2O5. The average Bonchev–Trinajstić information content (AvgIpc) is 2.66. The molecule has 0 saturated carbocycles. The van der Waals surface area contributed by atoms with Crippen molar-refractivity contribution in [3.05, 3.63) is 42.2 Å². The van der Waals surface area contributed by atoms with E-state index in [2.05, 4.69) is 11.9 Å². The summed E-state index contributed by atoms with van der Waals surface area (Å²) in [6, 6.07) is 4.43. The van der Waals surface area contributed by atoms with E-state index < -0.39 is 6.09 Å². The van der Waals surface area contributed by atoms with Gasteiger partial charge in [-0.3, -0.25) is 4.79 Å². The number of hydrogen-bond donors (Lipinski definition) is 1. The molecule has 8 heteroatoms. The zero-order valence-corrected chi connectivity index (χ0v) is 17.0. The van der Waals surface area contributed by atoms with Crippen molar-refractivity contribution in [2.75, 3.05) is 39.5 Å². The molecule has 0 radical (unpaired) electrons. The molecule has 1 aliphatic rings. The molecule has 160 valence electrons. The molecule has 1 atom stereocenters. The van der Waals surface area contributed by atoms with Gasteiger partial charge < -0.3 is 24.4 Å². The Kier molecular flexibility index (Phi) is 8.92. The molecule has 0 aliphatic carbocycles. The van der Waals surface area contributed by atoms with Crippen LogP contribution in [0.5, 0.6) is 5.75 Å². The molecule has 0 aromatic heterocycles. The molecule has 2 amide bonds. The number of rotatable bonds is 11. The average molecular weight is 408 g/mol. The minimum atomic E-state index is -0.552. The van der Waals surface area contributed by atoms with Crippen molar-refractivity contribution in [1.29, 1.82) is 0 Å². The van der Waals surface area contributed by atoms with Gasteiger partial charge in [0.05, 0.1) is 19.3 Å². The zero-order chi connectivity index (χ0) is 21.2. The maximum absolute atomic E-state index is 13.4. The summed E-state index contributed by atoms with van der Waals surface area (Å²) in [6.07, 6.45) is 1.51. The van der Waals surface area contributed by atoms with Crippen molar-refractivity contribution < 1.29 is 28.2 Å². The Balaban J connectivity index is 1.54. The predicted molar refractivity (Wildman–Crippen MR) is 106 cm³/mol. The Morgan fingerprint density at radius 3 is 2.79 bits per heavy atom. The number of ether oxygens (including phenoxy) is 3. The lowest BCUT2D eigenvalue weighted by molar-refractivity contribution is -0.134. The maximum atomic E-state index is 13.4. The largest absolute Gasteiger partial charge is 0.491 e. The molecule has 7 nitrogen and oxygen atoms in total. The third-order valence-electron chi connectivity index (χ3n) is 4.61. The van der Waals surface area contributed by atoms with Gasteiger partial charge in [0, 0.05) is 19.2 Å². The maximum Gasteiger partial charge on any atom is 0.407 e. The van der Waals surface area contributed by atoms with Crippen LogP contribution in [0.1, 0.15) is 31.7 Å². The van der Waals surface area contributed by atoms with Gasteiger partial charge in [-0.15, -0.1) is 0 Å². The molecule has 1 aromatic rings. The fraction of sp³-hybridized carbons (Fsp3) is 0.524. The number of carbonyl (C=O) groups excluding carboxylic acids is 2. The highest BCUT2D eigenvalue weighted by Gasteiger charge is 2.31. The fourth-order valence-corrected chi connectivity index (χ4v) is 2.89. The minimum Gasteiger partial charge on any atom is -0.491 e. The van der Waals surface area contributed by atoms with Crippen LogP contribution < -0.4 is 10.1 Å². The van der Waals surface area contributed by atoms with Gasteiger partial charge in [-0.25, -0.2) is 9.18 Å². The van der Waals surface area contributed by atoms with E-state index in [1.165, 1.54) is 18.2 Å². The van der Waals surface area contributed by atoms with Crippen molar-refractivity contribution >= 4 is 12.0 Å². The highest BCUT2D eigenvalue weighted by atomic mass is 19.1. The van der Waals surface area contributed by atoms with Crippen LogP contribution >= 0.6 is 0 Å². The van der Waals surface area contributed by atoms with Crippen LogP contribution in [0.4, 0.5) is 9.18 Å². The topological polar surface area (TPSA) is 77.1 Å². The quantitative estimate of drug-likeness (QED) is 0.450. The molecule has 29 heavy (non-hydrogen) atoms.